The van der Waals surface area contributed by atoms with Gasteiger partial charge in [-0.05, 0) is 42.8 Å². The summed E-state index contributed by atoms with van der Waals surface area (Å²) in [5, 5.41) is 3.23. The molecule has 1 amide bonds. The Labute approximate surface area is 131 Å². The summed E-state index contributed by atoms with van der Waals surface area (Å²) in [5.74, 6) is 0.377. The number of benzene rings is 2. The van der Waals surface area contributed by atoms with Crippen LogP contribution in [0.15, 0.2) is 46.9 Å². The Morgan fingerprint density at radius 1 is 1.30 bits per heavy atom. The third-order valence-corrected chi connectivity index (χ3v) is 3.38. The Morgan fingerprint density at radius 3 is 2.85 bits per heavy atom. The average molecular weight is 355 g/mol. The summed E-state index contributed by atoms with van der Waals surface area (Å²) in [6, 6.07) is 12.8. The Morgan fingerprint density at radius 2 is 2.10 bits per heavy atom. The maximum Gasteiger partial charge on any atom is 0.262 e. The van der Waals surface area contributed by atoms with Crippen molar-refractivity contribution in [1.82, 2.24) is 0 Å². The fraction of sp³-hybridized carbons (Fsp3) is 0.133. The Kier molecular flexibility index (Phi) is 5.04. The second kappa shape index (κ2) is 6.77. The van der Waals surface area contributed by atoms with Gasteiger partial charge in [0.25, 0.3) is 5.91 Å². The lowest BCUT2D eigenvalue weighted by Crippen LogP contribution is -2.20. The first-order valence-electron chi connectivity index (χ1n) is 5.99. The largest absolute Gasteiger partial charge is 0.484 e. The second-order valence-electron chi connectivity index (χ2n) is 4.28. The van der Waals surface area contributed by atoms with Crippen LogP contribution in [-0.4, -0.2) is 12.5 Å². The van der Waals surface area contributed by atoms with Crippen molar-refractivity contribution in [2.24, 2.45) is 0 Å². The molecule has 0 spiro atoms. The minimum Gasteiger partial charge on any atom is -0.484 e. The van der Waals surface area contributed by atoms with Crippen LogP contribution in [0.5, 0.6) is 5.75 Å². The van der Waals surface area contributed by atoms with Crippen LogP contribution in [0.25, 0.3) is 0 Å². The van der Waals surface area contributed by atoms with Gasteiger partial charge in [0.2, 0.25) is 0 Å². The summed E-state index contributed by atoms with van der Waals surface area (Å²) < 4.78 is 6.31. The van der Waals surface area contributed by atoms with Crippen LogP contribution in [0.2, 0.25) is 5.02 Å². The highest BCUT2D eigenvalue weighted by atomic mass is 79.9. The maximum absolute atomic E-state index is 11.8. The molecule has 0 heterocycles. The van der Waals surface area contributed by atoms with Gasteiger partial charge in [0, 0.05) is 4.47 Å². The summed E-state index contributed by atoms with van der Waals surface area (Å²) in [6.45, 7) is 1.87. The maximum atomic E-state index is 11.8. The smallest absolute Gasteiger partial charge is 0.262 e. The van der Waals surface area contributed by atoms with Crippen molar-refractivity contribution in [1.29, 1.82) is 0 Å². The number of amides is 1. The molecule has 0 saturated carbocycles. The number of rotatable bonds is 4. The number of aryl methyl sites for hydroxylation is 1. The van der Waals surface area contributed by atoms with Gasteiger partial charge in [-0.15, -0.1) is 0 Å². The first-order valence-corrected chi connectivity index (χ1v) is 7.16. The molecule has 1 N–H and O–H groups in total. The SMILES string of the molecule is Cc1ccc(Cl)c(NC(=O)COc2cccc(Br)c2)c1. The lowest BCUT2D eigenvalue weighted by atomic mass is 10.2. The van der Waals surface area contributed by atoms with Crippen LogP contribution >= 0.6 is 27.5 Å². The van der Waals surface area contributed by atoms with Gasteiger partial charge in [0.1, 0.15) is 5.75 Å². The molecule has 0 aliphatic carbocycles. The third-order valence-electron chi connectivity index (χ3n) is 2.56. The van der Waals surface area contributed by atoms with E-state index in [2.05, 4.69) is 21.2 Å². The highest BCUT2D eigenvalue weighted by molar-refractivity contribution is 9.10. The molecule has 0 aromatic heterocycles. The summed E-state index contributed by atoms with van der Waals surface area (Å²) in [6.07, 6.45) is 0. The molecule has 2 aromatic rings. The molecule has 2 rings (SSSR count). The number of halogens is 2. The molecule has 0 bridgehead atoms. The molecule has 20 heavy (non-hydrogen) atoms. The molecule has 0 atom stereocenters. The van der Waals surface area contributed by atoms with E-state index in [1.807, 2.05) is 31.2 Å². The lowest BCUT2D eigenvalue weighted by Gasteiger charge is -2.09. The molecule has 0 radical (unpaired) electrons. The molecule has 0 saturated heterocycles. The number of hydrogen-bond acceptors (Lipinski definition) is 2. The highest BCUT2D eigenvalue weighted by Crippen LogP contribution is 2.23. The lowest BCUT2D eigenvalue weighted by molar-refractivity contribution is -0.118. The number of hydrogen-bond donors (Lipinski definition) is 1. The van der Waals surface area contributed by atoms with Gasteiger partial charge in [0.15, 0.2) is 6.61 Å². The minimum absolute atomic E-state index is 0.0687. The average Bonchev–Trinajstić information content (AvgIpc) is 2.41. The van der Waals surface area contributed by atoms with Crippen molar-refractivity contribution in [3.63, 3.8) is 0 Å². The van der Waals surface area contributed by atoms with E-state index in [1.54, 1.807) is 18.2 Å². The zero-order chi connectivity index (χ0) is 14.5. The molecule has 5 heteroatoms. The van der Waals surface area contributed by atoms with Crippen molar-refractivity contribution in [2.75, 3.05) is 11.9 Å². The van der Waals surface area contributed by atoms with Crippen molar-refractivity contribution in [2.45, 2.75) is 6.92 Å². The summed E-state index contributed by atoms with van der Waals surface area (Å²) in [4.78, 5) is 11.8. The molecule has 3 nitrogen and oxygen atoms in total. The number of nitrogens with one attached hydrogen (secondary N) is 1. The minimum atomic E-state index is -0.252. The van der Waals surface area contributed by atoms with Crippen molar-refractivity contribution in [3.8, 4) is 5.75 Å². The van der Waals surface area contributed by atoms with E-state index in [0.717, 1.165) is 10.0 Å². The van der Waals surface area contributed by atoms with E-state index in [0.29, 0.717) is 16.5 Å². The van der Waals surface area contributed by atoms with Gasteiger partial charge >= 0.3 is 0 Å². The van der Waals surface area contributed by atoms with E-state index in [-0.39, 0.29) is 12.5 Å². The van der Waals surface area contributed by atoms with Crippen molar-refractivity contribution in [3.05, 3.63) is 57.5 Å². The van der Waals surface area contributed by atoms with Crippen molar-refractivity contribution >= 4 is 39.1 Å². The molecule has 0 aliphatic rings. The molecule has 2 aromatic carbocycles. The molecule has 0 fully saturated rings. The fourth-order valence-corrected chi connectivity index (χ4v) is 2.17. The quantitative estimate of drug-likeness (QED) is 0.882. The molecule has 104 valence electrons. The van der Waals surface area contributed by atoms with Crippen LogP contribution < -0.4 is 10.1 Å². The first kappa shape index (κ1) is 14.9. The van der Waals surface area contributed by atoms with Gasteiger partial charge in [0.05, 0.1) is 10.7 Å². The Balaban J connectivity index is 1.94. The fourth-order valence-electron chi connectivity index (χ4n) is 1.63. The highest BCUT2D eigenvalue weighted by Gasteiger charge is 2.07. The molecular weight excluding hydrogens is 342 g/mol. The standard InChI is InChI=1S/C15H13BrClNO2/c1-10-5-6-13(17)14(7-10)18-15(19)9-20-12-4-2-3-11(16)8-12/h2-8H,9H2,1H3,(H,18,19). The van der Waals surface area contributed by atoms with Gasteiger partial charge in [-0.1, -0.05) is 39.7 Å². The van der Waals surface area contributed by atoms with Gasteiger partial charge in [-0.2, -0.15) is 0 Å². The predicted molar refractivity (Wildman–Crippen MR) is 84.5 cm³/mol. The molecule has 0 unspecified atom stereocenters. The summed E-state index contributed by atoms with van der Waals surface area (Å²) in [7, 11) is 0. The number of ether oxygens (including phenoxy) is 1. The number of carbonyl (C=O) groups excluding carboxylic acids is 1. The first-order chi connectivity index (χ1) is 9.54. The van der Waals surface area contributed by atoms with Crippen molar-refractivity contribution < 1.29 is 9.53 Å². The number of anilines is 1. The second-order valence-corrected chi connectivity index (χ2v) is 5.60. The van der Waals surface area contributed by atoms with Crippen LogP contribution in [-0.2, 0) is 4.79 Å². The summed E-state index contributed by atoms with van der Waals surface area (Å²) in [5.41, 5.74) is 1.62. The topological polar surface area (TPSA) is 38.3 Å². The van der Waals surface area contributed by atoms with Crippen LogP contribution in [0.1, 0.15) is 5.56 Å². The normalized spacial score (nSPS) is 10.2. The molecule has 0 aliphatic heterocycles. The zero-order valence-corrected chi connectivity index (χ0v) is 13.2. The van der Waals surface area contributed by atoms with Gasteiger partial charge < -0.3 is 10.1 Å². The third kappa shape index (κ3) is 4.25. The Bertz CT molecular complexity index is 631. The van der Waals surface area contributed by atoms with E-state index in [1.165, 1.54) is 0 Å². The van der Waals surface area contributed by atoms with Gasteiger partial charge in [-0.25, -0.2) is 0 Å². The van der Waals surface area contributed by atoms with E-state index in [4.69, 9.17) is 16.3 Å². The monoisotopic (exact) mass is 353 g/mol. The van der Waals surface area contributed by atoms with Crippen LogP contribution in [0.3, 0.4) is 0 Å². The molecular formula is C15H13BrClNO2. The number of carbonyl (C=O) groups is 1. The summed E-state index contributed by atoms with van der Waals surface area (Å²) >= 11 is 9.36. The predicted octanol–water partition coefficient (Wildman–Crippen LogP) is 4.43. The Hall–Kier alpha value is -1.52. The van der Waals surface area contributed by atoms with E-state index in [9.17, 15) is 4.79 Å². The van der Waals surface area contributed by atoms with E-state index < -0.39 is 0 Å². The van der Waals surface area contributed by atoms with E-state index >= 15 is 0 Å². The van der Waals surface area contributed by atoms with Gasteiger partial charge in [-0.3, -0.25) is 4.79 Å². The van der Waals surface area contributed by atoms with Crippen LogP contribution in [0.4, 0.5) is 5.69 Å². The van der Waals surface area contributed by atoms with Crippen LogP contribution in [0, 0.1) is 6.92 Å². The zero-order valence-electron chi connectivity index (χ0n) is 10.8.